The van der Waals surface area contributed by atoms with E-state index in [-0.39, 0.29) is 6.61 Å². The van der Waals surface area contributed by atoms with Crippen LogP contribution in [0.15, 0.2) is 12.3 Å². The molecule has 1 aliphatic rings. The first-order valence-electron chi connectivity index (χ1n) is 4.15. The molecule has 1 saturated heterocycles. The molecule has 0 aromatic heterocycles. The van der Waals surface area contributed by atoms with Crippen LogP contribution >= 0.6 is 0 Å². The number of carbonyl (C=O) groups is 2. The number of ether oxygens (including phenoxy) is 1. The second kappa shape index (κ2) is 4.61. The predicted molar refractivity (Wildman–Crippen MR) is 47.3 cm³/mol. The van der Waals surface area contributed by atoms with E-state index >= 15 is 0 Å². The number of rotatable bonds is 3. The Morgan fingerprint density at radius 3 is 2.86 bits per heavy atom. The fourth-order valence-electron chi connectivity index (χ4n) is 1.20. The van der Waals surface area contributed by atoms with Gasteiger partial charge < -0.3 is 20.5 Å². The normalized spacial score (nSPS) is 22.6. The molecule has 6 heteroatoms. The lowest BCUT2D eigenvalue weighted by molar-refractivity contribution is -0.132. The molecular formula is C8H12N2O4. The first-order valence-corrected chi connectivity index (χ1v) is 4.15. The lowest BCUT2D eigenvalue weighted by Crippen LogP contribution is -2.49. The number of nitrogens with zero attached hydrogens (tertiary/aromatic N) is 1. The molecule has 1 heterocycles. The van der Waals surface area contributed by atoms with Crippen molar-refractivity contribution in [3.05, 3.63) is 12.3 Å². The highest BCUT2D eigenvalue weighted by Crippen LogP contribution is 2.06. The zero-order valence-corrected chi connectivity index (χ0v) is 7.55. The fraction of sp³-hybridized carbons (Fsp3) is 0.500. The van der Waals surface area contributed by atoms with E-state index < -0.39 is 17.9 Å². The van der Waals surface area contributed by atoms with Crippen molar-refractivity contribution in [3.8, 4) is 0 Å². The van der Waals surface area contributed by atoms with Crippen LogP contribution in [-0.4, -0.2) is 47.7 Å². The van der Waals surface area contributed by atoms with Crippen LogP contribution in [0.4, 0.5) is 0 Å². The van der Waals surface area contributed by atoms with Crippen LogP contribution in [0.3, 0.4) is 0 Å². The number of carboxylic acids is 1. The number of aliphatic carboxylic acids is 1. The van der Waals surface area contributed by atoms with Crippen molar-refractivity contribution in [2.75, 3.05) is 19.8 Å². The summed E-state index contributed by atoms with van der Waals surface area (Å²) in [5.41, 5.74) is 5.12. The van der Waals surface area contributed by atoms with Gasteiger partial charge in [0.2, 0.25) is 5.91 Å². The molecular weight excluding hydrogens is 188 g/mol. The third-order valence-electron chi connectivity index (χ3n) is 1.91. The minimum atomic E-state index is -1.06. The molecule has 0 aromatic rings. The Balaban J connectivity index is 2.63. The lowest BCUT2D eigenvalue weighted by atomic mass is 10.2. The van der Waals surface area contributed by atoms with E-state index in [2.05, 4.69) is 0 Å². The number of primary amides is 1. The molecule has 1 aliphatic heterocycles. The van der Waals surface area contributed by atoms with Crippen LogP contribution in [-0.2, 0) is 14.3 Å². The highest BCUT2D eigenvalue weighted by atomic mass is 16.5. The summed E-state index contributed by atoms with van der Waals surface area (Å²) in [6, 6.07) is -0.570. The van der Waals surface area contributed by atoms with Crippen molar-refractivity contribution >= 4 is 11.9 Å². The van der Waals surface area contributed by atoms with E-state index in [4.69, 9.17) is 15.6 Å². The van der Waals surface area contributed by atoms with E-state index in [1.165, 1.54) is 6.20 Å². The summed E-state index contributed by atoms with van der Waals surface area (Å²) in [5.74, 6) is -1.57. The maximum absolute atomic E-state index is 10.9. The monoisotopic (exact) mass is 200 g/mol. The number of hydrogen-bond acceptors (Lipinski definition) is 4. The molecule has 0 spiro atoms. The van der Waals surface area contributed by atoms with Gasteiger partial charge in [-0.3, -0.25) is 4.79 Å². The molecule has 0 radical (unpaired) electrons. The van der Waals surface area contributed by atoms with Gasteiger partial charge in [-0.1, -0.05) is 0 Å². The van der Waals surface area contributed by atoms with Gasteiger partial charge in [0, 0.05) is 18.8 Å². The summed E-state index contributed by atoms with van der Waals surface area (Å²) >= 11 is 0. The Hall–Kier alpha value is -1.56. The Morgan fingerprint density at radius 2 is 2.29 bits per heavy atom. The van der Waals surface area contributed by atoms with E-state index in [9.17, 15) is 9.59 Å². The quantitative estimate of drug-likeness (QED) is 0.556. The van der Waals surface area contributed by atoms with Gasteiger partial charge in [0.05, 0.1) is 13.2 Å². The van der Waals surface area contributed by atoms with E-state index in [1.807, 2.05) is 0 Å². The third kappa shape index (κ3) is 2.74. The van der Waals surface area contributed by atoms with Crippen molar-refractivity contribution in [3.63, 3.8) is 0 Å². The second-order valence-electron chi connectivity index (χ2n) is 2.88. The van der Waals surface area contributed by atoms with Gasteiger partial charge in [-0.15, -0.1) is 0 Å². The van der Waals surface area contributed by atoms with Gasteiger partial charge in [-0.2, -0.15) is 0 Å². The minimum Gasteiger partial charge on any atom is -0.478 e. The molecule has 1 unspecified atom stereocenters. The second-order valence-corrected chi connectivity index (χ2v) is 2.88. The van der Waals surface area contributed by atoms with Crippen LogP contribution in [0.5, 0.6) is 0 Å². The van der Waals surface area contributed by atoms with Crippen LogP contribution in [0.25, 0.3) is 0 Å². The van der Waals surface area contributed by atoms with Crippen LogP contribution in [0, 0.1) is 0 Å². The number of amides is 1. The smallest absolute Gasteiger partial charge is 0.329 e. The van der Waals surface area contributed by atoms with Gasteiger partial charge in [0.1, 0.15) is 6.04 Å². The van der Waals surface area contributed by atoms with E-state index in [1.54, 1.807) is 4.90 Å². The molecule has 1 atom stereocenters. The zero-order valence-electron chi connectivity index (χ0n) is 7.55. The van der Waals surface area contributed by atoms with Crippen molar-refractivity contribution < 1.29 is 19.4 Å². The highest BCUT2D eigenvalue weighted by molar-refractivity contribution is 5.81. The molecule has 14 heavy (non-hydrogen) atoms. The summed E-state index contributed by atoms with van der Waals surface area (Å²) in [6.07, 6.45) is 2.32. The topological polar surface area (TPSA) is 92.9 Å². The maximum atomic E-state index is 10.9. The Morgan fingerprint density at radius 1 is 1.57 bits per heavy atom. The Labute approximate surface area is 80.9 Å². The lowest BCUT2D eigenvalue weighted by Gasteiger charge is -2.32. The summed E-state index contributed by atoms with van der Waals surface area (Å²) in [4.78, 5) is 22.8. The minimum absolute atomic E-state index is 0.208. The molecule has 0 aliphatic carbocycles. The van der Waals surface area contributed by atoms with Gasteiger partial charge in [-0.05, 0) is 0 Å². The molecule has 0 bridgehead atoms. The number of carboxylic acid groups (broad SMARTS) is 1. The highest BCUT2D eigenvalue weighted by Gasteiger charge is 2.24. The van der Waals surface area contributed by atoms with Crippen LogP contribution in [0.1, 0.15) is 0 Å². The van der Waals surface area contributed by atoms with Gasteiger partial charge in [0.15, 0.2) is 0 Å². The zero-order chi connectivity index (χ0) is 10.6. The molecule has 0 aromatic carbocycles. The van der Waals surface area contributed by atoms with E-state index in [0.717, 1.165) is 6.08 Å². The van der Waals surface area contributed by atoms with Crippen molar-refractivity contribution in [2.45, 2.75) is 6.04 Å². The molecule has 6 nitrogen and oxygen atoms in total. The van der Waals surface area contributed by atoms with Gasteiger partial charge in [0.25, 0.3) is 0 Å². The largest absolute Gasteiger partial charge is 0.478 e. The van der Waals surface area contributed by atoms with E-state index in [0.29, 0.717) is 13.2 Å². The molecule has 1 rings (SSSR count). The SMILES string of the molecule is NC(=O)C1COCCN1/C=C/C(=O)O. The van der Waals surface area contributed by atoms with Gasteiger partial charge >= 0.3 is 5.97 Å². The molecule has 0 saturated carbocycles. The first-order chi connectivity index (χ1) is 6.61. The average Bonchev–Trinajstić information content (AvgIpc) is 2.15. The van der Waals surface area contributed by atoms with Crippen LogP contribution < -0.4 is 5.73 Å². The average molecular weight is 200 g/mol. The standard InChI is InChI=1S/C8H12N2O4/c9-8(13)6-5-14-4-3-10(6)2-1-7(11)12/h1-2,6H,3-5H2,(H2,9,13)(H,11,12)/b2-1+. The van der Waals surface area contributed by atoms with Crippen molar-refractivity contribution in [2.24, 2.45) is 5.73 Å². The molecule has 1 fully saturated rings. The molecule has 1 amide bonds. The fourth-order valence-corrected chi connectivity index (χ4v) is 1.20. The molecule has 3 N–H and O–H groups in total. The Kier molecular flexibility index (Phi) is 3.47. The number of carbonyl (C=O) groups excluding carboxylic acids is 1. The predicted octanol–water partition coefficient (Wildman–Crippen LogP) is -1.23. The molecule has 78 valence electrons. The van der Waals surface area contributed by atoms with Crippen LogP contribution in [0.2, 0.25) is 0 Å². The number of hydrogen-bond donors (Lipinski definition) is 2. The van der Waals surface area contributed by atoms with Crippen molar-refractivity contribution in [1.29, 1.82) is 0 Å². The number of morpholine rings is 1. The summed E-state index contributed by atoms with van der Waals surface area (Å²) in [6.45, 7) is 1.14. The van der Waals surface area contributed by atoms with Gasteiger partial charge in [-0.25, -0.2) is 4.79 Å². The first kappa shape index (κ1) is 10.5. The summed E-state index contributed by atoms with van der Waals surface area (Å²) < 4.78 is 5.06. The number of nitrogens with two attached hydrogens (primary N) is 1. The maximum Gasteiger partial charge on any atom is 0.329 e. The summed E-state index contributed by atoms with van der Waals surface area (Å²) in [7, 11) is 0. The van der Waals surface area contributed by atoms with Crippen molar-refractivity contribution in [1.82, 2.24) is 4.90 Å². The summed E-state index contributed by atoms with van der Waals surface area (Å²) in [5, 5.41) is 8.41. The third-order valence-corrected chi connectivity index (χ3v) is 1.91. The Bertz CT molecular complexity index is 264.